The van der Waals surface area contributed by atoms with Crippen molar-refractivity contribution >= 4 is 16.8 Å². The molecule has 0 saturated carbocycles. The molecule has 0 saturated heterocycles. The number of aryl methyl sites for hydroxylation is 1. The molecular weight excluding hydrogens is 324 g/mol. The molecule has 2 aliphatic heterocycles. The van der Waals surface area contributed by atoms with E-state index < -0.39 is 0 Å². The van der Waals surface area contributed by atoms with Gasteiger partial charge in [0.05, 0.1) is 11.4 Å². The van der Waals surface area contributed by atoms with E-state index in [1.165, 1.54) is 22.2 Å². The van der Waals surface area contributed by atoms with Crippen LogP contribution in [0.5, 0.6) is 5.75 Å². The van der Waals surface area contributed by atoms with E-state index in [9.17, 15) is 4.79 Å². The summed E-state index contributed by atoms with van der Waals surface area (Å²) in [6.45, 7) is 4.33. The number of fused-ring (bicyclic) bond motifs is 3. The van der Waals surface area contributed by atoms with Crippen molar-refractivity contribution in [3.05, 3.63) is 64.8 Å². The first-order valence-corrected chi connectivity index (χ1v) is 9.21. The van der Waals surface area contributed by atoms with E-state index in [1.54, 1.807) is 0 Å². The van der Waals surface area contributed by atoms with Gasteiger partial charge in [0.25, 0.3) is 0 Å². The molecule has 4 nitrogen and oxygen atoms in total. The molecule has 26 heavy (non-hydrogen) atoms. The predicted molar refractivity (Wildman–Crippen MR) is 102 cm³/mol. The zero-order chi connectivity index (χ0) is 17.8. The highest BCUT2D eigenvalue weighted by atomic mass is 16.5. The van der Waals surface area contributed by atoms with E-state index in [-0.39, 0.29) is 11.8 Å². The lowest BCUT2D eigenvalue weighted by Crippen LogP contribution is -2.30. The summed E-state index contributed by atoms with van der Waals surface area (Å²) in [4.78, 5) is 15.9. The summed E-state index contributed by atoms with van der Waals surface area (Å²) in [6, 6.07) is 14.3. The second-order valence-electron chi connectivity index (χ2n) is 7.52. The number of ether oxygens (including phenoxy) is 1. The third-order valence-corrected chi connectivity index (χ3v) is 5.67. The lowest BCUT2D eigenvalue weighted by molar-refractivity contribution is 0.0858. The number of benzene rings is 2. The largest absolute Gasteiger partial charge is 0.490 e. The molecule has 1 aromatic heterocycles. The highest BCUT2D eigenvalue weighted by Gasteiger charge is 2.34. The minimum Gasteiger partial charge on any atom is -0.490 e. The lowest BCUT2D eigenvalue weighted by atomic mass is 9.98. The Kier molecular flexibility index (Phi) is 3.44. The number of carbonyl (C=O) groups excluding carboxylic acids is 1. The smallest absolute Gasteiger partial charge is 0.242 e. The Morgan fingerprint density at radius 1 is 1.15 bits per heavy atom. The molecule has 0 N–H and O–H groups in total. The van der Waals surface area contributed by atoms with Gasteiger partial charge in [0.15, 0.2) is 0 Å². The van der Waals surface area contributed by atoms with E-state index in [4.69, 9.17) is 4.74 Å². The summed E-state index contributed by atoms with van der Waals surface area (Å²) in [5.74, 6) is 0.696. The van der Waals surface area contributed by atoms with Crippen LogP contribution >= 0.6 is 0 Å². The van der Waals surface area contributed by atoms with Crippen molar-refractivity contribution in [2.24, 2.45) is 0 Å². The van der Waals surface area contributed by atoms with Crippen molar-refractivity contribution in [3.63, 3.8) is 0 Å². The molecule has 2 aliphatic rings. The van der Waals surface area contributed by atoms with Gasteiger partial charge in [-0.15, -0.1) is 0 Å². The minimum atomic E-state index is -0.275. The van der Waals surface area contributed by atoms with Crippen molar-refractivity contribution < 1.29 is 9.53 Å². The maximum Gasteiger partial charge on any atom is 0.242 e. The fraction of sp³-hybridized carbons (Fsp3) is 0.318. The van der Waals surface area contributed by atoms with Gasteiger partial charge < -0.3 is 9.64 Å². The van der Waals surface area contributed by atoms with Crippen LogP contribution < -0.4 is 4.74 Å². The molecule has 0 radical (unpaired) electrons. The zero-order valence-corrected chi connectivity index (χ0v) is 15.2. The molecule has 132 valence electrons. The first-order chi connectivity index (χ1) is 12.6. The maximum absolute atomic E-state index is 13.6. The van der Waals surface area contributed by atoms with Gasteiger partial charge in [0, 0.05) is 30.6 Å². The number of hydrogen-bond acceptors (Lipinski definition) is 3. The van der Waals surface area contributed by atoms with Crippen molar-refractivity contribution in [1.29, 1.82) is 0 Å². The molecule has 0 bridgehead atoms. The normalized spacial score (nSPS) is 19.9. The Morgan fingerprint density at radius 2 is 1.96 bits per heavy atom. The number of carbonyl (C=O) groups is 1. The fourth-order valence-corrected chi connectivity index (χ4v) is 4.39. The Morgan fingerprint density at radius 3 is 2.77 bits per heavy atom. The Balaban J connectivity index is 1.77. The van der Waals surface area contributed by atoms with Gasteiger partial charge >= 0.3 is 0 Å². The van der Waals surface area contributed by atoms with Crippen molar-refractivity contribution in [3.8, 4) is 5.75 Å². The average Bonchev–Trinajstić information content (AvgIpc) is 2.87. The van der Waals surface area contributed by atoms with Crippen LogP contribution in [-0.4, -0.2) is 35.6 Å². The SMILES string of the molecule is Cc1cc2c3c(c1)c1c(n3C(=O)C(c3ccccc3)CO2)CCN(C)C1. The summed E-state index contributed by atoms with van der Waals surface area (Å²) in [5.41, 5.74) is 5.60. The Labute approximate surface area is 153 Å². The number of rotatable bonds is 1. The van der Waals surface area contributed by atoms with Gasteiger partial charge in [0.1, 0.15) is 12.4 Å². The highest BCUT2D eigenvalue weighted by molar-refractivity contribution is 6.02. The van der Waals surface area contributed by atoms with Gasteiger partial charge in [-0.05, 0) is 42.8 Å². The molecule has 3 aromatic rings. The molecule has 3 heterocycles. The van der Waals surface area contributed by atoms with Crippen LogP contribution in [0.2, 0.25) is 0 Å². The molecule has 2 aromatic carbocycles. The van der Waals surface area contributed by atoms with Crippen LogP contribution in [0, 0.1) is 6.92 Å². The molecule has 1 atom stereocenters. The third kappa shape index (κ3) is 2.22. The second kappa shape index (κ2) is 5.71. The van der Waals surface area contributed by atoms with Crippen LogP contribution in [-0.2, 0) is 13.0 Å². The van der Waals surface area contributed by atoms with Crippen LogP contribution in [0.25, 0.3) is 10.9 Å². The summed E-state index contributed by atoms with van der Waals surface area (Å²) in [5, 5.41) is 1.17. The van der Waals surface area contributed by atoms with Crippen LogP contribution in [0.4, 0.5) is 0 Å². The molecule has 1 unspecified atom stereocenters. The van der Waals surface area contributed by atoms with Crippen molar-refractivity contribution in [1.82, 2.24) is 9.47 Å². The van der Waals surface area contributed by atoms with Gasteiger partial charge in [-0.25, -0.2) is 0 Å². The molecule has 0 spiro atoms. The van der Waals surface area contributed by atoms with Crippen molar-refractivity contribution in [2.45, 2.75) is 25.8 Å². The fourth-order valence-electron chi connectivity index (χ4n) is 4.39. The molecule has 0 aliphatic carbocycles. The molecule has 4 heteroatoms. The van der Waals surface area contributed by atoms with E-state index >= 15 is 0 Å². The van der Waals surface area contributed by atoms with Crippen LogP contribution in [0.3, 0.4) is 0 Å². The molecule has 0 amide bonds. The number of aromatic nitrogens is 1. The number of hydrogen-bond donors (Lipinski definition) is 0. The standard InChI is InChI=1S/C22H22N2O2/c1-14-10-16-17-12-23(2)9-8-19(17)24-21(16)20(11-14)26-13-18(22(24)25)15-6-4-3-5-7-15/h3-7,10-11,18H,8-9,12-13H2,1-2H3. The molecular formula is C22H22N2O2. The van der Waals surface area contributed by atoms with Gasteiger partial charge in [-0.3, -0.25) is 9.36 Å². The Bertz CT molecular complexity index is 1020. The highest BCUT2D eigenvalue weighted by Crippen LogP contribution is 2.40. The second-order valence-corrected chi connectivity index (χ2v) is 7.52. The summed E-state index contributed by atoms with van der Waals surface area (Å²) >= 11 is 0. The van der Waals surface area contributed by atoms with Gasteiger partial charge in [-0.1, -0.05) is 30.3 Å². The maximum atomic E-state index is 13.6. The van der Waals surface area contributed by atoms with E-state index in [0.29, 0.717) is 6.61 Å². The summed E-state index contributed by atoms with van der Waals surface area (Å²) < 4.78 is 8.16. The van der Waals surface area contributed by atoms with Crippen molar-refractivity contribution in [2.75, 3.05) is 20.2 Å². The molecule has 0 fully saturated rings. The van der Waals surface area contributed by atoms with E-state index in [0.717, 1.165) is 36.3 Å². The predicted octanol–water partition coefficient (Wildman–Crippen LogP) is 3.75. The third-order valence-electron chi connectivity index (χ3n) is 5.67. The van der Waals surface area contributed by atoms with Crippen LogP contribution in [0.1, 0.15) is 33.1 Å². The lowest BCUT2D eigenvalue weighted by Gasteiger charge is -2.24. The summed E-state index contributed by atoms with van der Waals surface area (Å²) in [6.07, 6.45) is 0.895. The number of likely N-dealkylation sites (N-methyl/N-ethyl adjacent to an activating group) is 1. The average molecular weight is 346 g/mol. The van der Waals surface area contributed by atoms with E-state index in [1.807, 2.05) is 34.9 Å². The van der Waals surface area contributed by atoms with Gasteiger partial charge in [0.2, 0.25) is 5.91 Å². The number of nitrogens with zero attached hydrogens (tertiary/aromatic N) is 2. The summed E-state index contributed by atoms with van der Waals surface area (Å²) in [7, 11) is 2.14. The quantitative estimate of drug-likeness (QED) is 0.673. The van der Waals surface area contributed by atoms with Crippen LogP contribution in [0.15, 0.2) is 42.5 Å². The topological polar surface area (TPSA) is 34.5 Å². The van der Waals surface area contributed by atoms with E-state index in [2.05, 4.69) is 31.0 Å². The first kappa shape index (κ1) is 15.6. The Hall–Kier alpha value is -2.59. The first-order valence-electron chi connectivity index (χ1n) is 9.21. The zero-order valence-electron chi connectivity index (χ0n) is 15.2. The van der Waals surface area contributed by atoms with Gasteiger partial charge in [-0.2, -0.15) is 0 Å². The minimum absolute atomic E-state index is 0.134. The monoisotopic (exact) mass is 346 g/mol. The molecule has 5 rings (SSSR count).